The highest BCUT2D eigenvalue weighted by Gasteiger charge is 2.24. The van der Waals surface area contributed by atoms with Gasteiger partial charge in [0.15, 0.2) is 17.3 Å². The minimum atomic E-state index is -0.404. The number of hydrogen-bond acceptors (Lipinski definition) is 8. The number of methoxy groups -OCH3 is 3. The third-order valence-corrected chi connectivity index (χ3v) is 5.98. The van der Waals surface area contributed by atoms with Gasteiger partial charge in [-0.25, -0.2) is 9.97 Å². The van der Waals surface area contributed by atoms with E-state index < -0.39 is 5.91 Å². The van der Waals surface area contributed by atoms with Crippen LogP contribution in [0.4, 0.5) is 5.82 Å². The molecule has 2 aromatic carbocycles. The van der Waals surface area contributed by atoms with E-state index in [0.717, 1.165) is 22.5 Å². The Kier molecular flexibility index (Phi) is 7.19. The van der Waals surface area contributed by atoms with Gasteiger partial charge in [0, 0.05) is 31.7 Å². The maximum atomic E-state index is 12.8. The van der Waals surface area contributed by atoms with E-state index in [2.05, 4.69) is 15.2 Å². The molecule has 0 atom stereocenters. The predicted molar refractivity (Wildman–Crippen MR) is 131 cm³/mol. The van der Waals surface area contributed by atoms with Crippen molar-refractivity contribution >= 4 is 28.7 Å². The number of anilines is 1. The lowest BCUT2D eigenvalue weighted by molar-refractivity contribution is -0.130. The first kappa shape index (κ1) is 24.1. The smallest absolute Gasteiger partial charge is 0.251 e. The van der Waals surface area contributed by atoms with E-state index in [9.17, 15) is 9.59 Å². The summed E-state index contributed by atoms with van der Waals surface area (Å²) in [5.41, 5.74) is 2.88. The van der Waals surface area contributed by atoms with Crippen molar-refractivity contribution in [3.05, 3.63) is 47.7 Å². The van der Waals surface area contributed by atoms with Crippen molar-refractivity contribution in [3.63, 3.8) is 0 Å². The van der Waals surface area contributed by atoms with Crippen molar-refractivity contribution in [2.45, 2.75) is 6.92 Å². The summed E-state index contributed by atoms with van der Waals surface area (Å²) in [6.07, 6.45) is 0. The number of nitrogens with one attached hydrogen (secondary N) is 1. The van der Waals surface area contributed by atoms with Gasteiger partial charge >= 0.3 is 0 Å². The summed E-state index contributed by atoms with van der Waals surface area (Å²) in [7, 11) is 4.45. The third kappa shape index (κ3) is 5.06. The molecule has 1 saturated heterocycles. The van der Waals surface area contributed by atoms with Crippen molar-refractivity contribution in [1.29, 1.82) is 0 Å². The highest BCUT2D eigenvalue weighted by atomic mass is 16.5. The second kappa shape index (κ2) is 10.5. The van der Waals surface area contributed by atoms with Crippen molar-refractivity contribution < 1.29 is 23.8 Å². The normalized spacial score (nSPS) is 13.5. The summed E-state index contributed by atoms with van der Waals surface area (Å²) < 4.78 is 15.9. The summed E-state index contributed by atoms with van der Waals surface area (Å²) in [5.74, 6) is 1.42. The number of carbonyl (C=O) groups excluding carboxylic acids is 2. The average Bonchev–Trinajstić information content (AvgIpc) is 2.90. The standard InChI is InChI=1S/C25H29N5O5/c1-16-24(28-19-8-6-5-7-18(19)27-16)30-11-9-29(10-12-30)22(31)15-26-25(32)17-13-20(33-2)23(35-4)21(14-17)34-3/h5-8,13-14H,9-12,15H2,1-4H3,(H,26,32). The number of nitrogens with zero attached hydrogens (tertiary/aromatic N) is 4. The second-order valence-electron chi connectivity index (χ2n) is 8.09. The summed E-state index contributed by atoms with van der Waals surface area (Å²) in [6, 6.07) is 10.9. The fourth-order valence-corrected chi connectivity index (χ4v) is 4.13. The molecule has 1 fully saturated rings. The topological polar surface area (TPSA) is 106 Å². The molecule has 1 aliphatic heterocycles. The van der Waals surface area contributed by atoms with Crippen molar-refractivity contribution in [2.75, 3.05) is 59.0 Å². The van der Waals surface area contributed by atoms with E-state index in [-0.39, 0.29) is 12.5 Å². The molecule has 2 heterocycles. The number of amides is 2. The monoisotopic (exact) mass is 479 g/mol. The number of aromatic nitrogens is 2. The Balaban J connectivity index is 1.35. The maximum absolute atomic E-state index is 12.8. The number of benzene rings is 2. The zero-order valence-corrected chi connectivity index (χ0v) is 20.3. The fourth-order valence-electron chi connectivity index (χ4n) is 4.13. The molecule has 0 radical (unpaired) electrons. The molecule has 0 bridgehead atoms. The second-order valence-corrected chi connectivity index (χ2v) is 8.09. The molecule has 4 rings (SSSR count). The van der Waals surface area contributed by atoms with Crippen LogP contribution in [0.1, 0.15) is 16.1 Å². The molecule has 0 aliphatic carbocycles. The highest BCUT2D eigenvalue weighted by molar-refractivity contribution is 5.97. The lowest BCUT2D eigenvalue weighted by Crippen LogP contribution is -2.51. The molecule has 35 heavy (non-hydrogen) atoms. The van der Waals surface area contributed by atoms with Gasteiger partial charge in [0.25, 0.3) is 5.91 Å². The number of rotatable bonds is 7. The van der Waals surface area contributed by atoms with Crippen LogP contribution < -0.4 is 24.4 Å². The number of ether oxygens (including phenoxy) is 3. The lowest BCUT2D eigenvalue weighted by Gasteiger charge is -2.36. The Hall–Kier alpha value is -4.08. The first-order valence-corrected chi connectivity index (χ1v) is 11.3. The Morgan fingerprint density at radius 2 is 1.51 bits per heavy atom. The molecule has 184 valence electrons. The van der Waals surface area contributed by atoms with Gasteiger partial charge < -0.3 is 29.3 Å². The maximum Gasteiger partial charge on any atom is 0.251 e. The minimum Gasteiger partial charge on any atom is -0.493 e. The number of para-hydroxylation sites is 2. The number of hydrogen-bond donors (Lipinski definition) is 1. The Morgan fingerprint density at radius 3 is 2.09 bits per heavy atom. The van der Waals surface area contributed by atoms with Crippen LogP contribution in [0.2, 0.25) is 0 Å². The van der Waals surface area contributed by atoms with Gasteiger partial charge in [0.05, 0.1) is 44.6 Å². The number of aryl methyl sites for hydroxylation is 1. The predicted octanol–water partition coefficient (Wildman–Crippen LogP) is 2.04. The van der Waals surface area contributed by atoms with E-state index in [1.807, 2.05) is 31.2 Å². The summed E-state index contributed by atoms with van der Waals surface area (Å²) >= 11 is 0. The van der Waals surface area contributed by atoms with Crippen molar-refractivity contribution in [1.82, 2.24) is 20.2 Å². The average molecular weight is 480 g/mol. The summed E-state index contributed by atoms with van der Waals surface area (Å²) in [5, 5.41) is 2.69. The first-order chi connectivity index (χ1) is 16.9. The van der Waals surface area contributed by atoms with Gasteiger partial charge in [-0.05, 0) is 31.2 Å². The zero-order valence-electron chi connectivity index (χ0n) is 20.3. The number of carbonyl (C=O) groups is 2. The van der Waals surface area contributed by atoms with Gasteiger partial charge in [0.2, 0.25) is 11.7 Å². The SMILES string of the molecule is COc1cc(C(=O)NCC(=O)N2CCN(c3nc4ccccc4nc3C)CC2)cc(OC)c1OC. The van der Waals surface area contributed by atoms with Crippen LogP contribution in [0, 0.1) is 6.92 Å². The molecule has 10 nitrogen and oxygen atoms in total. The molecule has 1 aromatic heterocycles. The molecule has 1 N–H and O–H groups in total. The molecule has 3 aromatic rings. The number of fused-ring (bicyclic) bond motifs is 1. The highest BCUT2D eigenvalue weighted by Crippen LogP contribution is 2.38. The first-order valence-electron chi connectivity index (χ1n) is 11.3. The van der Waals surface area contributed by atoms with Crippen LogP contribution in [0.5, 0.6) is 17.2 Å². The molecule has 2 amide bonds. The van der Waals surface area contributed by atoms with Crippen molar-refractivity contribution in [2.24, 2.45) is 0 Å². The number of piperazine rings is 1. The molecule has 0 saturated carbocycles. The van der Waals surface area contributed by atoms with Gasteiger partial charge in [-0.2, -0.15) is 0 Å². The fraction of sp³-hybridized carbons (Fsp3) is 0.360. The molecule has 0 spiro atoms. The van der Waals surface area contributed by atoms with Gasteiger partial charge in [-0.1, -0.05) is 12.1 Å². The Bertz CT molecular complexity index is 1220. The van der Waals surface area contributed by atoms with Crippen molar-refractivity contribution in [3.8, 4) is 17.2 Å². The Morgan fingerprint density at radius 1 is 0.914 bits per heavy atom. The lowest BCUT2D eigenvalue weighted by atomic mass is 10.1. The minimum absolute atomic E-state index is 0.107. The van der Waals surface area contributed by atoms with Crippen LogP contribution in [-0.2, 0) is 4.79 Å². The van der Waals surface area contributed by atoms with Crippen LogP contribution in [0.15, 0.2) is 36.4 Å². The van der Waals surface area contributed by atoms with Crippen LogP contribution >= 0.6 is 0 Å². The van der Waals surface area contributed by atoms with Crippen LogP contribution in [-0.4, -0.2) is 80.7 Å². The van der Waals surface area contributed by atoms with E-state index in [0.29, 0.717) is 49.0 Å². The molecule has 0 unspecified atom stereocenters. The van der Waals surface area contributed by atoms with Gasteiger partial charge in [-0.15, -0.1) is 0 Å². The van der Waals surface area contributed by atoms with E-state index in [1.165, 1.54) is 21.3 Å². The molecule has 10 heteroatoms. The van der Waals surface area contributed by atoms with Crippen LogP contribution in [0.3, 0.4) is 0 Å². The molecular formula is C25H29N5O5. The molecule has 1 aliphatic rings. The summed E-state index contributed by atoms with van der Waals surface area (Å²) in [6.45, 7) is 4.19. The third-order valence-electron chi connectivity index (χ3n) is 5.98. The van der Waals surface area contributed by atoms with Gasteiger partial charge in [-0.3, -0.25) is 9.59 Å². The van der Waals surface area contributed by atoms with E-state index in [1.54, 1.807) is 17.0 Å². The van der Waals surface area contributed by atoms with Crippen LogP contribution in [0.25, 0.3) is 11.0 Å². The van der Waals surface area contributed by atoms with Gasteiger partial charge in [0.1, 0.15) is 0 Å². The van der Waals surface area contributed by atoms with E-state index in [4.69, 9.17) is 19.2 Å². The van der Waals surface area contributed by atoms with E-state index >= 15 is 0 Å². The Labute approximate surface area is 203 Å². The molecular weight excluding hydrogens is 450 g/mol. The zero-order chi connectivity index (χ0) is 24.9. The summed E-state index contributed by atoms with van der Waals surface area (Å²) in [4.78, 5) is 38.8. The largest absolute Gasteiger partial charge is 0.493 e. The quantitative estimate of drug-likeness (QED) is 0.549.